The van der Waals surface area contributed by atoms with Crippen molar-refractivity contribution < 1.29 is 0 Å². The van der Waals surface area contributed by atoms with Crippen LogP contribution in [0.5, 0.6) is 0 Å². The van der Waals surface area contributed by atoms with Crippen LogP contribution in [-0.4, -0.2) is 14.5 Å². The van der Waals surface area contributed by atoms with Gasteiger partial charge in [0.05, 0.1) is 16.7 Å². The van der Waals surface area contributed by atoms with Crippen LogP contribution in [0.2, 0.25) is 5.28 Å². The second kappa shape index (κ2) is 3.42. The van der Waals surface area contributed by atoms with Gasteiger partial charge < -0.3 is 4.57 Å². The summed E-state index contributed by atoms with van der Waals surface area (Å²) in [4.78, 5) is 8.25. The molecule has 0 radical (unpaired) electrons. The van der Waals surface area contributed by atoms with Crippen molar-refractivity contribution in [3.05, 3.63) is 35.9 Å². The Morgan fingerprint density at radius 2 is 2.36 bits per heavy atom. The number of hydrogen-bond donors (Lipinski definition) is 0. The predicted molar refractivity (Wildman–Crippen MR) is 57.5 cm³/mol. The summed E-state index contributed by atoms with van der Waals surface area (Å²) in [6, 6.07) is 1.93. The van der Waals surface area contributed by atoms with E-state index in [1.807, 2.05) is 29.8 Å². The van der Waals surface area contributed by atoms with E-state index < -0.39 is 0 Å². The smallest absolute Gasteiger partial charge is 0.223 e. The number of hydrogen-bond acceptors (Lipinski definition) is 2. The zero-order valence-corrected chi connectivity index (χ0v) is 8.62. The Bertz CT molecular complexity index is 487. The highest BCUT2D eigenvalue weighted by Crippen LogP contribution is 2.18. The monoisotopic (exact) mass is 207 g/mol. The average Bonchev–Trinajstić information content (AvgIpc) is 2.49. The molecule has 0 aliphatic heterocycles. The van der Waals surface area contributed by atoms with Crippen molar-refractivity contribution in [2.24, 2.45) is 0 Å². The van der Waals surface area contributed by atoms with Gasteiger partial charge in [0.2, 0.25) is 5.28 Å². The number of aromatic nitrogens is 3. The average molecular weight is 208 g/mol. The van der Waals surface area contributed by atoms with E-state index in [1.54, 1.807) is 0 Å². The topological polar surface area (TPSA) is 30.7 Å². The molecule has 0 unspecified atom stereocenters. The van der Waals surface area contributed by atoms with E-state index in [-0.39, 0.29) is 0 Å². The molecule has 4 heteroatoms. The van der Waals surface area contributed by atoms with Crippen LogP contribution >= 0.6 is 11.6 Å². The van der Waals surface area contributed by atoms with Gasteiger partial charge in [-0.3, -0.25) is 0 Å². The quantitative estimate of drug-likeness (QED) is 0.560. The Hall–Kier alpha value is -1.35. The number of allylic oxidation sites excluding steroid dienone is 1. The summed E-state index contributed by atoms with van der Waals surface area (Å²) in [5.74, 6) is 0. The minimum Gasteiger partial charge on any atom is -0.341 e. The highest BCUT2D eigenvalue weighted by Gasteiger charge is 2.06. The summed E-state index contributed by atoms with van der Waals surface area (Å²) in [7, 11) is 0. The van der Waals surface area contributed by atoms with Crippen molar-refractivity contribution in [1.29, 1.82) is 0 Å². The van der Waals surface area contributed by atoms with Gasteiger partial charge >= 0.3 is 0 Å². The molecule has 0 amide bonds. The zero-order chi connectivity index (χ0) is 10.1. The third-order valence-corrected chi connectivity index (χ3v) is 2.25. The first-order chi connectivity index (χ1) is 6.72. The summed E-state index contributed by atoms with van der Waals surface area (Å²) in [5, 5.41) is 0.298. The lowest BCUT2D eigenvalue weighted by molar-refractivity contribution is 0.857. The van der Waals surface area contributed by atoms with Crippen molar-refractivity contribution in [2.45, 2.75) is 13.5 Å². The Morgan fingerprint density at radius 1 is 1.57 bits per heavy atom. The van der Waals surface area contributed by atoms with Crippen molar-refractivity contribution in [3.63, 3.8) is 0 Å². The molecule has 0 aliphatic rings. The number of rotatable bonds is 2. The van der Waals surface area contributed by atoms with E-state index >= 15 is 0 Å². The first-order valence-corrected chi connectivity index (χ1v) is 4.70. The highest BCUT2D eigenvalue weighted by molar-refractivity contribution is 6.28. The van der Waals surface area contributed by atoms with Crippen LogP contribution in [0.1, 0.15) is 5.69 Å². The van der Waals surface area contributed by atoms with Crippen LogP contribution in [-0.2, 0) is 6.54 Å². The number of aryl methyl sites for hydroxylation is 1. The van der Waals surface area contributed by atoms with Crippen LogP contribution in [0.15, 0.2) is 24.9 Å². The Kier molecular flexibility index (Phi) is 2.25. The van der Waals surface area contributed by atoms with Gasteiger partial charge in [0.1, 0.15) is 0 Å². The molecule has 0 aliphatic carbocycles. The SMILES string of the molecule is C=CCn1ccc2nc(Cl)nc(C)c21. The number of halogens is 1. The van der Waals surface area contributed by atoms with E-state index in [0.717, 1.165) is 23.3 Å². The maximum Gasteiger partial charge on any atom is 0.223 e. The molecule has 14 heavy (non-hydrogen) atoms. The fraction of sp³-hybridized carbons (Fsp3) is 0.200. The molecule has 0 atom stereocenters. The second-order valence-corrected chi connectivity index (χ2v) is 3.41. The second-order valence-electron chi connectivity index (χ2n) is 3.07. The molecule has 2 aromatic rings. The molecule has 0 spiro atoms. The van der Waals surface area contributed by atoms with Gasteiger partial charge in [-0.05, 0) is 24.6 Å². The van der Waals surface area contributed by atoms with E-state index in [1.165, 1.54) is 0 Å². The van der Waals surface area contributed by atoms with Crippen molar-refractivity contribution in [3.8, 4) is 0 Å². The van der Waals surface area contributed by atoms with Crippen LogP contribution < -0.4 is 0 Å². The Morgan fingerprint density at radius 3 is 3.07 bits per heavy atom. The molecule has 0 saturated heterocycles. The fourth-order valence-electron chi connectivity index (χ4n) is 1.55. The lowest BCUT2D eigenvalue weighted by Crippen LogP contribution is -1.97. The van der Waals surface area contributed by atoms with Gasteiger partial charge in [-0.2, -0.15) is 0 Å². The molecule has 72 valence electrons. The van der Waals surface area contributed by atoms with Gasteiger partial charge in [0.25, 0.3) is 0 Å². The summed E-state index contributed by atoms with van der Waals surface area (Å²) in [6.45, 7) is 6.39. The van der Waals surface area contributed by atoms with Crippen LogP contribution in [0.25, 0.3) is 11.0 Å². The van der Waals surface area contributed by atoms with E-state index in [0.29, 0.717) is 5.28 Å². The van der Waals surface area contributed by atoms with E-state index in [2.05, 4.69) is 16.5 Å². The van der Waals surface area contributed by atoms with E-state index in [4.69, 9.17) is 11.6 Å². The Labute approximate surface area is 87.0 Å². The molecule has 0 saturated carbocycles. The molecular formula is C10H10ClN3. The normalized spacial score (nSPS) is 10.7. The maximum absolute atomic E-state index is 5.76. The largest absolute Gasteiger partial charge is 0.341 e. The van der Waals surface area contributed by atoms with Crippen LogP contribution in [0.4, 0.5) is 0 Å². The van der Waals surface area contributed by atoms with Gasteiger partial charge in [-0.15, -0.1) is 6.58 Å². The van der Waals surface area contributed by atoms with Crippen molar-refractivity contribution in [2.75, 3.05) is 0 Å². The van der Waals surface area contributed by atoms with Gasteiger partial charge in [-0.25, -0.2) is 9.97 Å². The van der Waals surface area contributed by atoms with E-state index in [9.17, 15) is 0 Å². The van der Waals surface area contributed by atoms with Crippen molar-refractivity contribution in [1.82, 2.24) is 14.5 Å². The summed E-state index contributed by atoms with van der Waals surface area (Å²) >= 11 is 5.76. The first kappa shape index (κ1) is 9.21. The Balaban J connectivity index is 2.72. The molecule has 2 rings (SSSR count). The lowest BCUT2D eigenvalue weighted by atomic mass is 10.3. The van der Waals surface area contributed by atoms with Gasteiger partial charge in [-0.1, -0.05) is 6.08 Å². The predicted octanol–water partition coefficient (Wildman–Crippen LogP) is 2.58. The summed E-state index contributed by atoms with van der Waals surface area (Å²) < 4.78 is 2.05. The molecule has 0 aromatic carbocycles. The molecule has 0 N–H and O–H groups in total. The van der Waals surface area contributed by atoms with Crippen molar-refractivity contribution >= 4 is 22.6 Å². The van der Waals surface area contributed by atoms with Gasteiger partial charge in [0, 0.05) is 12.7 Å². The summed E-state index contributed by atoms with van der Waals surface area (Å²) in [5.41, 5.74) is 2.80. The molecule has 2 heterocycles. The number of fused-ring (bicyclic) bond motifs is 1. The molecule has 0 bridgehead atoms. The third-order valence-electron chi connectivity index (χ3n) is 2.08. The summed E-state index contributed by atoms with van der Waals surface area (Å²) in [6.07, 6.45) is 3.80. The third kappa shape index (κ3) is 1.40. The van der Waals surface area contributed by atoms with Crippen LogP contribution in [0.3, 0.4) is 0 Å². The highest BCUT2D eigenvalue weighted by atomic mass is 35.5. The molecule has 3 nitrogen and oxygen atoms in total. The lowest BCUT2D eigenvalue weighted by Gasteiger charge is -2.03. The maximum atomic E-state index is 5.76. The molecular weight excluding hydrogens is 198 g/mol. The minimum absolute atomic E-state index is 0.298. The molecule has 0 fully saturated rings. The first-order valence-electron chi connectivity index (χ1n) is 4.32. The standard InChI is InChI=1S/C10H10ClN3/c1-3-5-14-6-4-8-9(14)7(2)12-10(11)13-8/h3-4,6H,1,5H2,2H3. The van der Waals surface area contributed by atoms with Crippen LogP contribution in [0, 0.1) is 6.92 Å². The van der Waals surface area contributed by atoms with Gasteiger partial charge in [0.15, 0.2) is 0 Å². The molecule has 2 aromatic heterocycles. The fourth-order valence-corrected chi connectivity index (χ4v) is 1.77. The number of nitrogens with zero attached hydrogens (tertiary/aromatic N) is 3. The zero-order valence-electron chi connectivity index (χ0n) is 7.87. The minimum atomic E-state index is 0.298.